The van der Waals surface area contributed by atoms with E-state index in [1.807, 2.05) is 6.07 Å². The van der Waals surface area contributed by atoms with E-state index < -0.39 is 10.0 Å². The van der Waals surface area contributed by atoms with Gasteiger partial charge in [-0.3, -0.25) is 4.79 Å². The molecule has 1 aromatic carbocycles. The summed E-state index contributed by atoms with van der Waals surface area (Å²) in [5.41, 5.74) is 0.124. The molecule has 0 bridgehead atoms. The summed E-state index contributed by atoms with van der Waals surface area (Å²) in [6, 6.07) is 5.90. The van der Waals surface area contributed by atoms with Crippen molar-refractivity contribution in [1.29, 1.82) is 5.26 Å². The topological polar surface area (TPSA) is 109 Å². The monoisotopic (exact) mass is 353 g/mol. The van der Waals surface area contributed by atoms with Gasteiger partial charge in [-0.15, -0.1) is 0 Å². The van der Waals surface area contributed by atoms with Gasteiger partial charge in [-0.25, -0.2) is 13.1 Å². The third-order valence-electron chi connectivity index (χ3n) is 3.46. The molecule has 130 valence electrons. The molecule has 1 fully saturated rings. The highest BCUT2D eigenvalue weighted by atomic mass is 32.2. The number of carbonyl (C=O) groups excluding carboxylic acids is 1. The Morgan fingerprint density at radius 2 is 2.12 bits per heavy atom. The van der Waals surface area contributed by atoms with Crippen LogP contribution in [0.15, 0.2) is 23.1 Å². The maximum Gasteiger partial charge on any atom is 0.241 e. The van der Waals surface area contributed by atoms with Crippen LogP contribution in [0.5, 0.6) is 5.75 Å². The van der Waals surface area contributed by atoms with Crippen molar-refractivity contribution >= 4 is 15.9 Å². The molecule has 1 N–H and O–H groups in total. The van der Waals surface area contributed by atoms with Crippen molar-refractivity contribution in [3.05, 3.63) is 23.8 Å². The minimum Gasteiger partial charge on any atom is -0.492 e. The van der Waals surface area contributed by atoms with Crippen LogP contribution in [-0.4, -0.2) is 58.7 Å². The maximum absolute atomic E-state index is 12.3. The first-order valence-electron chi connectivity index (χ1n) is 7.50. The van der Waals surface area contributed by atoms with Gasteiger partial charge in [0.25, 0.3) is 0 Å². The van der Waals surface area contributed by atoms with Crippen LogP contribution in [0.25, 0.3) is 0 Å². The number of carbonyl (C=O) groups is 1. The predicted molar refractivity (Wildman–Crippen MR) is 84.9 cm³/mol. The van der Waals surface area contributed by atoms with Gasteiger partial charge in [0.15, 0.2) is 0 Å². The zero-order valence-electron chi connectivity index (χ0n) is 13.3. The molecular formula is C15H19N3O5S. The molecule has 24 heavy (non-hydrogen) atoms. The summed E-state index contributed by atoms with van der Waals surface area (Å²) >= 11 is 0. The lowest BCUT2D eigenvalue weighted by atomic mass is 10.2. The second-order valence-electron chi connectivity index (χ2n) is 5.02. The van der Waals surface area contributed by atoms with Crippen molar-refractivity contribution in [2.75, 3.05) is 39.5 Å². The van der Waals surface area contributed by atoms with Crippen LogP contribution in [0.1, 0.15) is 12.5 Å². The third kappa shape index (κ3) is 4.44. The first kappa shape index (κ1) is 18.2. The second-order valence-corrected chi connectivity index (χ2v) is 6.79. The van der Waals surface area contributed by atoms with E-state index in [4.69, 9.17) is 14.7 Å². The van der Waals surface area contributed by atoms with Crippen molar-refractivity contribution in [2.45, 2.75) is 11.8 Å². The summed E-state index contributed by atoms with van der Waals surface area (Å²) in [4.78, 5) is 13.5. The fraction of sp³-hybridized carbons (Fsp3) is 0.467. The SMILES string of the molecule is CCOc1ccc(S(=O)(=O)NCC(=O)N2CCOCC2)cc1C#N. The summed E-state index contributed by atoms with van der Waals surface area (Å²) in [5, 5.41) is 9.11. The molecule has 0 radical (unpaired) electrons. The molecule has 9 heteroatoms. The Hall–Kier alpha value is -2.15. The van der Waals surface area contributed by atoms with Gasteiger partial charge < -0.3 is 14.4 Å². The number of nitrogens with one attached hydrogen (secondary N) is 1. The lowest BCUT2D eigenvalue weighted by Crippen LogP contribution is -2.45. The lowest BCUT2D eigenvalue weighted by molar-refractivity contribution is -0.133. The number of rotatable bonds is 6. The quantitative estimate of drug-likeness (QED) is 0.777. The highest BCUT2D eigenvalue weighted by Crippen LogP contribution is 2.21. The maximum atomic E-state index is 12.3. The molecule has 1 saturated heterocycles. The fourth-order valence-corrected chi connectivity index (χ4v) is 3.21. The van der Waals surface area contributed by atoms with E-state index >= 15 is 0 Å². The normalized spacial score (nSPS) is 14.9. The number of amides is 1. The van der Waals surface area contributed by atoms with Gasteiger partial charge in [0, 0.05) is 13.1 Å². The zero-order valence-corrected chi connectivity index (χ0v) is 14.1. The molecule has 0 saturated carbocycles. The number of morpholine rings is 1. The Morgan fingerprint density at radius 3 is 2.75 bits per heavy atom. The summed E-state index contributed by atoms with van der Waals surface area (Å²) in [6.07, 6.45) is 0. The largest absolute Gasteiger partial charge is 0.492 e. The summed E-state index contributed by atoms with van der Waals surface area (Å²) < 4.78 is 37.3. The zero-order chi connectivity index (χ0) is 17.6. The minimum atomic E-state index is -3.89. The molecule has 1 amide bonds. The second kappa shape index (κ2) is 8.10. The Bertz CT molecular complexity index is 736. The molecule has 2 rings (SSSR count). The predicted octanol–water partition coefficient (Wildman–Crippen LogP) is 0.0941. The average Bonchev–Trinajstić information content (AvgIpc) is 2.61. The summed E-state index contributed by atoms with van der Waals surface area (Å²) in [6.45, 7) is 3.59. The van der Waals surface area contributed by atoms with E-state index in [9.17, 15) is 13.2 Å². The number of nitrogens with zero attached hydrogens (tertiary/aromatic N) is 2. The molecule has 0 atom stereocenters. The van der Waals surface area contributed by atoms with Gasteiger partial charge in [0.1, 0.15) is 11.8 Å². The van der Waals surface area contributed by atoms with Crippen molar-refractivity contribution in [3.63, 3.8) is 0 Å². The third-order valence-corrected chi connectivity index (χ3v) is 4.86. The molecule has 1 aromatic rings. The van der Waals surface area contributed by atoms with Crippen LogP contribution < -0.4 is 9.46 Å². The number of hydrogen-bond acceptors (Lipinski definition) is 6. The standard InChI is InChI=1S/C15H19N3O5S/c1-2-23-14-4-3-13(9-12(14)10-16)24(20,21)17-11-15(19)18-5-7-22-8-6-18/h3-4,9,17H,2,5-8,11H2,1H3. The van der Waals surface area contributed by atoms with Crippen LogP contribution in [0.4, 0.5) is 0 Å². The smallest absolute Gasteiger partial charge is 0.241 e. The molecule has 0 aromatic heterocycles. The molecule has 8 nitrogen and oxygen atoms in total. The number of benzene rings is 1. The first-order chi connectivity index (χ1) is 11.5. The average molecular weight is 353 g/mol. The Morgan fingerprint density at radius 1 is 1.42 bits per heavy atom. The molecule has 0 aliphatic carbocycles. The van der Waals surface area contributed by atoms with Crippen LogP contribution >= 0.6 is 0 Å². The van der Waals surface area contributed by atoms with Gasteiger partial charge in [-0.05, 0) is 25.1 Å². The van der Waals surface area contributed by atoms with Crippen LogP contribution in [-0.2, 0) is 19.6 Å². The number of ether oxygens (including phenoxy) is 2. The molecule has 1 heterocycles. The van der Waals surface area contributed by atoms with Crippen molar-refractivity contribution < 1.29 is 22.7 Å². The lowest BCUT2D eigenvalue weighted by Gasteiger charge is -2.26. The van der Waals surface area contributed by atoms with Gasteiger partial charge in [-0.1, -0.05) is 0 Å². The van der Waals surface area contributed by atoms with Gasteiger partial charge in [-0.2, -0.15) is 5.26 Å². The highest BCUT2D eigenvalue weighted by molar-refractivity contribution is 7.89. The number of sulfonamides is 1. The van der Waals surface area contributed by atoms with E-state index in [0.717, 1.165) is 0 Å². The van der Waals surface area contributed by atoms with E-state index in [-0.39, 0.29) is 22.9 Å². The van der Waals surface area contributed by atoms with Crippen molar-refractivity contribution in [1.82, 2.24) is 9.62 Å². The molecular weight excluding hydrogens is 334 g/mol. The Kier molecular flexibility index (Phi) is 6.14. The van der Waals surface area contributed by atoms with Crippen LogP contribution in [0.2, 0.25) is 0 Å². The van der Waals surface area contributed by atoms with Crippen molar-refractivity contribution in [3.8, 4) is 11.8 Å². The molecule has 1 aliphatic rings. The highest BCUT2D eigenvalue weighted by Gasteiger charge is 2.21. The fourth-order valence-electron chi connectivity index (χ4n) is 2.21. The van der Waals surface area contributed by atoms with E-state index in [2.05, 4.69) is 4.72 Å². The Balaban J connectivity index is 2.07. The molecule has 0 unspecified atom stereocenters. The van der Waals surface area contributed by atoms with Gasteiger partial charge >= 0.3 is 0 Å². The van der Waals surface area contributed by atoms with E-state index in [1.54, 1.807) is 11.8 Å². The van der Waals surface area contributed by atoms with E-state index in [1.165, 1.54) is 18.2 Å². The van der Waals surface area contributed by atoms with Gasteiger partial charge in [0.05, 0.1) is 36.8 Å². The van der Waals surface area contributed by atoms with Crippen LogP contribution in [0.3, 0.4) is 0 Å². The van der Waals surface area contributed by atoms with E-state index in [0.29, 0.717) is 38.7 Å². The van der Waals surface area contributed by atoms with Crippen LogP contribution in [0, 0.1) is 11.3 Å². The Labute approximate surface area is 141 Å². The number of nitriles is 1. The summed E-state index contributed by atoms with van der Waals surface area (Å²) in [7, 11) is -3.89. The number of hydrogen-bond donors (Lipinski definition) is 1. The molecule has 1 aliphatic heterocycles. The summed E-state index contributed by atoms with van der Waals surface area (Å²) in [5.74, 6) is 0.0108. The molecule has 0 spiro atoms. The first-order valence-corrected chi connectivity index (χ1v) is 8.98. The minimum absolute atomic E-state index is 0.0859. The van der Waals surface area contributed by atoms with Gasteiger partial charge in [0.2, 0.25) is 15.9 Å². The van der Waals surface area contributed by atoms with Crippen molar-refractivity contribution in [2.24, 2.45) is 0 Å².